The van der Waals surface area contributed by atoms with Crippen LogP contribution in [0.1, 0.15) is 5.56 Å². The van der Waals surface area contributed by atoms with Crippen molar-refractivity contribution in [2.24, 2.45) is 7.05 Å². The number of morpholine rings is 1. The van der Waals surface area contributed by atoms with Crippen molar-refractivity contribution in [1.29, 1.82) is 0 Å². The zero-order valence-corrected chi connectivity index (χ0v) is 8.77. The number of aryl methyl sites for hydroxylation is 1. The van der Waals surface area contributed by atoms with Gasteiger partial charge in [-0.2, -0.15) is 5.10 Å². The molecule has 2 rings (SSSR count). The van der Waals surface area contributed by atoms with E-state index >= 15 is 0 Å². The van der Waals surface area contributed by atoms with Crippen LogP contribution in [0.3, 0.4) is 0 Å². The van der Waals surface area contributed by atoms with Crippen LogP contribution < -0.4 is 5.32 Å². The SMILES string of the molecule is Cn1cc(CC(=O)C2CNCCO2)cn1. The van der Waals surface area contributed by atoms with E-state index in [2.05, 4.69) is 10.4 Å². The van der Waals surface area contributed by atoms with Crippen molar-refractivity contribution < 1.29 is 9.53 Å². The maximum Gasteiger partial charge on any atom is 0.167 e. The minimum absolute atomic E-state index is 0.121. The summed E-state index contributed by atoms with van der Waals surface area (Å²) in [6.45, 7) is 2.07. The molecular formula is C10H15N3O2. The second kappa shape index (κ2) is 4.55. The highest BCUT2D eigenvalue weighted by molar-refractivity contribution is 5.85. The molecule has 1 unspecified atom stereocenters. The number of ketones is 1. The number of ether oxygens (including phenoxy) is 1. The van der Waals surface area contributed by atoms with Gasteiger partial charge in [0, 0.05) is 32.8 Å². The van der Waals surface area contributed by atoms with Crippen LogP contribution >= 0.6 is 0 Å². The Morgan fingerprint density at radius 1 is 1.80 bits per heavy atom. The van der Waals surface area contributed by atoms with E-state index in [9.17, 15) is 4.79 Å². The monoisotopic (exact) mass is 209 g/mol. The van der Waals surface area contributed by atoms with Gasteiger partial charge in [0.1, 0.15) is 6.10 Å². The summed E-state index contributed by atoms with van der Waals surface area (Å²) in [7, 11) is 1.84. The Kier molecular flexibility index (Phi) is 3.13. The van der Waals surface area contributed by atoms with Gasteiger partial charge in [-0.05, 0) is 5.56 Å². The van der Waals surface area contributed by atoms with E-state index in [1.807, 2.05) is 13.2 Å². The van der Waals surface area contributed by atoms with E-state index < -0.39 is 0 Å². The first-order valence-corrected chi connectivity index (χ1v) is 5.08. The van der Waals surface area contributed by atoms with Crippen LogP contribution in [0.2, 0.25) is 0 Å². The molecule has 0 aromatic carbocycles. The molecule has 1 saturated heterocycles. The van der Waals surface area contributed by atoms with Gasteiger partial charge in [0.25, 0.3) is 0 Å². The number of rotatable bonds is 3. The normalized spacial score (nSPS) is 21.5. The highest BCUT2D eigenvalue weighted by Crippen LogP contribution is 2.04. The third kappa shape index (κ3) is 2.64. The van der Waals surface area contributed by atoms with Crippen molar-refractivity contribution in [3.05, 3.63) is 18.0 Å². The van der Waals surface area contributed by atoms with Crippen LogP contribution in [0.4, 0.5) is 0 Å². The maximum absolute atomic E-state index is 11.8. The lowest BCUT2D eigenvalue weighted by Gasteiger charge is -2.22. The van der Waals surface area contributed by atoms with E-state index in [1.54, 1.807) is 10.9 Å². The van der Waals surface area contributed by atoms with Gasteiger partial charge in [-0.3, -0.25) is 9.48 Å². The molecule has 0 aliphatic carbocycles. The minimum Gasteiger partial charge on any atom is -0.368 e. The van der Waals surface area contributed by atoms with Gasteiger partial charge in [0.15, 0.2) is 5.78 Å². The first kappa shape index (κ1) is 10.3. The Bertz CT molecular complexity index is 342. The van der Waals surface area contributed by atoms with E-state index in [1.165, 1.54) is 0 Å². The zero-order valence-electron chi connectivity index (χ0n) is 8.77. The van der Waals surface area contributed by atoms with E-state index in [4.69, 9.17) is 4.74 Å². The number of hydrogen-bond donors (Lipinski definition) is 1. The summed E-state index contributed by atoms with van der Waals surface area (Å²) in [6.07, 6.45) is 3.68. The van der Waals surface area contributed by atoms with Crippen molar-refractivity contribution in [3.63, 3.8) is 0 Å². The highest BCUT2D eigenvalue weighted by atomic mass is 16.5. The number of Topliss-reactive ketones (excluding diaryl/α,β-unsaturated/α-hetero) is 1. The van der Waals surface area contributed by atoms with Crippen molar-refractivity contribution >= 4 is 5.78 Å². The fraction of sp³-hybridized carbons (Fsp3) is 0.600. The average Bonchev–Trinajstić information content (AvgIpc) is 2.65. The molecule has 5 heteroatoms. The lowest BCUT2D eigenvalue weighted by molar-refractivity contribution is -0.131. The summed E-state index contributed by atoms with van der Waals surface area (Å²) >= 11 is 0. The minimum atomic E-state index is -0.293. The first-order valence-electron chi connectivity index (χ1n) is 5.08. The summed E-state index contributed by atoms with van der Waals surface area (Å²) in [4.78, 5) is 11.8. The molecule has 1 aliphatic rings. The van der Waals surface area contributed by atoms with E-state index in [0.29, 0.717) is 19.6 Å². The number of nitrogens with one attached hydrogen (secondary N) is 1. The standard InChI is InChI=1S/C10H15N3O2/c1-13-7-8(5-12-13)4-9(14)10-6-11-2-3-15-10/h5,7,10-11H,2-4,6H2,1H3. The van der Waals surface area contributed by atoms with Crippen LogP contribution in [0.25, 0.3) is 0 Å². The van der Waals surface area contributed by atoms with Gasteiger partial charge < -0.3 is 10.1 Å². The topological polar surface area (TPSA) is 56.2 Å². The molecule has 0 saturated carbocycles. The fourth-order valence-corrected chi connectivity index (χ4v) is 1.65. The predicted octanol–water partition coefficient (Wildman–Crippen LogP) is -0.480. The molecule has 0 spiro atoms. The number of carbonyl (C=O) groups is 1. The molecule has 82 valence electrons. The lowest BCUT2D eigenvalue weighted by atomic mass is 10.1. The van der Waals surface area contributed by atoms with Gasteiger partial charge >= 0.3 is 0 Å². The van der Waals surface area contributed by atoms with E-state index in [0.717, 1.165) is 12.1 Å². The summed E-state index contributed by atoms with van der Waals surface area (Å²) in [5.41, 5.74) is 0.941. The van der Waals surface area contributed by atoms with E-state index in [-0.39, 0.29) is 11.9 Å². The predicted molar refractivity (Wildman–Crippen MR) is 54.5 cm³/mol. The molecule has 1 fully saturated rings. The Morgan fingerprint density at radius 3 is 3.27 bits per heavy atom. The van der Waals surface area contributed by atoms with Crippen LogP contribution in [-0.2, 0) is 23.0 Å². The summed E-state index contributed by atoms with van der Waals surface area (Å²) in [5, 5.41) is 7.16. The molecule has 2 heterocycles. The molecule has 15 heavy (non-hydrogen) atoms. The van der Waals surface area contributed by atoms with Gasteiger partial charge in [-0.15, -0.1) is 0 Å². The van der Waals surface area contributed by atoms with Crippen molar-refractivity contribution in [3.8, 4) is 0 Å². The third-order valence-electron chi connectivity index (χ3n) is 2.42. The molecule has 1 aromatic heterocycles. The molecule has 0 radical (unpaired) electrons. The smallest absolute Gasteiger partial charge is 0.167 e. The molecule has 5 nitrogen and oxygen atoms in total. The molecule has 1 N–H and O–H groups in total. The van der Waals surface area contributed by atoms with Crippen molar-refractivity contribution in [1.82, 2.24) is 15.1 Å². The summed E-state index contributed by atoms with van der Waals surface area (Å²) in [5.74, 6) is 0.121. The second-order valence-electron chi connectivity index (χ2n) is 3.73. The molecule has 1 aliphatic heterocycles. The van der Waals surface area contributed by atoms with Gasteiger partial charge in [-0.1, -0.05) is 0 Å². The summed E-state index contributed by atoms with van der Waals surface area (Å²) < 4.78 is 7.08. The molecule has 0 bridgehead atoms. The zero-order chi connectivity index (χ0) is 10.7. The quantitative estimate of drug-likeness (QED) is 0.730. The first-order chi connectivity index (χ1) is 7.25. The molecule has 1 aromatic rings. The van der Waals surface area contributed by atoms with Crippen LogP contribution in [-0.4, -0.2) is 41.4 Å². The van der Waals surface area contributed by atoms with Gasteiger partial charge in [0.05, 0.1) is 12.8 Å². The number of nitrogens with zero attached hydrogens (tertiary/aromatic N) is 2. The van der Waals surface area contributed by atoms with Crippen LogP contribution in [0.5, 0.6) is 0 Å². The van der Waals surface area contributed by atoms with Gasteiger partial charge in [0.2, 0.25) is 0 Å². The van der Waals surface area contributed by atoms with Crippen molar-refractivity contribution in [2.45, 2.75) is 12.5 Å². The van der Waals surface area contributed by atoms with Crippen LogP contribution in [0, 0.1) is 0 Å². The largest absolute Gasteiger partial charge is 0.368 e. The highest BCUT2D eigenvalue weighted by Gasteiger charge is 2.21. The Balaban J connectivity index is 1.91. The Morgan fingerprint density at radius 2 is 2.67 bits per heavy atom. The Hall–Kier alpha value is -1.20. The molecule has 0 amide bonds. The fourth-order valence-electron chi connectivity index (χ4n) is 1.65. The number of carbonyl (C=O) groups excluding carboxylic acids is 1. The van der Waals surface area contributed by atoms with Gasteiger partial charge in [-0.25, -0.2) is 0 Å². The Labute approximate surface area is 88.4 Å². The third-order valence-corrected chi connectivity index (χ3v) is 2.42. The average molecular weight is 209 g/mol. The summed E-state index contributed by atoms with van der Waals surface area (Å²) in [6, 6.07) is 0. The molecule has 1 atom stereocenters. The molecular weight excluding hydrogens is 194 g/mol. The second-order valence-corrected chi connectivity index (χ2v) is 3.73. The van der Waals surface area contributed by atoms with Crippen LogP contribution in [0.15, 0.2) is 12.4 Å². The maximum atomic E-state index is 11.8. The number of hydrogen-bond acceptors (Lipinski definition) is 4. The number of aromatic nitrogens is 2. The lowest BCUT2D eigenvalue weighted by Crippen LogP contribution is -2.43. The van der Waals surface area contributed by atoms with Crippen molar-refractivity contribution in [2.75, 3.05) is 19.7 Å².